The van der Waals surface area contributed by atoms with Crippen LogP contribution in [0.3, 0.4) is 0 Å². The summed E-state index contributed by atoms with van der Waals surface area (Å²) in [6.07, 6.45) is 7.51. The largest absolute Gasteiger partial charge is 0.490 e. The highest BCUT2D eigenvalue weighted by molar-refractivity contribution is 5.97. The van der Waals surface area contributed by atoms with E-state index in [-0.39, 0.29) is 48.5 Å². The number of piperidine rings is 1. The van der Waals surface area contributed by atoms with Crippen LogP contribution in [0.15, 0.2) is 54.6 Å². The van der Waals surface area contributed by atoms with Gasteiger partial charge in [0.2, 0.25) is 5.91 Å². The minimum absolute atomic E-state index is 0.0207. The summed E-state index contributed by atoms with van der Waals surface area (Å²) < 4.78 is 11.6. The molecule has 1 unspecified atom stereocenters. The SMILES string of the molecule is CC12C[C@@H]1N(C(=O)CNC(=O)c1ccc(OC3CCCCC3)cc1)[C@H](C(=O)OCc1ccccc1)C2. The van der Waals surface area contributed by atoms with Crippen molar-refractivity contribution in [2.75, 3.05) is 6.54 Å². The summed E-state index contributed by atoms with van der Waals surface area (Å²) in [5, 5.41) is 2.72. The average molecular weight is 491 g/mol. The van der Waals surface area contributed by atoms with Crippen LogP contribution in [0.2, 0.25) is 0 Å². The van der Waals surface area contributed by atoms with E-state index in [1.807, 2.05) is 30.3 Å². The topological polar surface area (TPSA) is 84.9 Å². The molecule has 36 heavy (non-hydrogen) atoms. The fourth-order valence-electron chi connectivity index (χ4n) is 5.57. The van der Waals surface area contributed by atoms with Gasteiger partial charge in [-0.3, -0.25) is 9.59 Å². The van der Waals surface area contributed by atoms with E-state index in [9.17, 15) is 14.4 Å². The second-order valence-electron chi connectivity index (χ2n) is 10.6. The van der Waals surface area contributed by atoms with E-state index in [1.165, 1.54) is 19.3 Å². The molecule has 1 heterocycles. The van der Waals surface area contributed by atoms with Gasteiger partial charge in [-0.15, -0.1) is 0 Å². The second-order valence-corrected chi connectivity index (χ2v) is 10.6. The maximum absolute atomic E-state index is 13.1. The van der Waals surface area contributed by atoms with Gasteiger partial charge in [0, 0.05) is 11.6 Å². The summed E-state index contributed by atoms with van der Waals surface area (Å²) in [5.74, 6) is -0.209. The van der Waals surface area contributed by atoms with E-state index in [2.05, 4.69) is 12.2 Å². The van der Waals surface area contributed by atoms with Crippen LogP contribution in [0, 0.1) is 5.41 Å². The highest BCUT2D eigenvalue weighted by atomic mass is 16.5. The van der Waals surface area contributed by atoms with Crippen LogP contribution in [-0.4, -0.2) is 47.4 Å². The zero-order chi connectivity index (χ0) is 25.1. The second kappa shape index (κ2) is 10.3. The Morgan fingerprint density at radius 3 is 2.42 bits per heavy atom. The third-order valence-electron chi connectivity index (χ3n) is 7.79. The molecule has 3 atom stereocenters. The molecule has 7 nitrogen and oxygen atoms in total. The molecule has 0 aromatic heterocycles. The van der Waals surface area contributed by atoms with E-state index >= 15 is 0 Å². The lowest BCUT2D eigenvalue weighted by Crippen LogP contribution is -2.48. The van der Waals surface area contributed by atoms with Gasteiger partial charge in [0.15, 0.2) is 0 Å². The lowest BCUT2D eigenvalue weighted by molar-refractivity contribution is -0.155. The Bertz CT molecular complexity index is 1100. The highest BCUT2D eigenvalue weighted by Gasteiger charge is 2.64. The molecule has 2 aromatic rings. The molecule has 2 amide bonds. The van der Waals surface area contributed by atoms with E-state index in [1.54, 1.807) is 29.2 Å². The van der Waals surface area contributed by atoms with Crippen molar-refractivity contribution in [1.29, 1.82) is 0 Å². The Hall–Kier alpha value is -3.35. The number of amides is 2. The predicted octanol–water partition coefficient (Wildman–Crippen LogP) is 4.25. The molecule has 7 heteroatoms. The van der Waals surface area contributed by atoms with Gasteiger partial charge in [0.05, 0.1) is 12.6 Å². The quantitative estimate of drug-likeness (QED) is 0.559. The van der Waals surface area contributed by atoms with Gasteiger partial charge in [-0.2, -0.15) is 0 Å². The van der Waals surface area contributed by atoms with Gasteiger partial charge in [-0.1, -0.05) is 43.7 Å². The molecule has 190 valence electrons. The first kappa shape index (κ1) is 24.3. The molecule has 3 aliphatic rings. The third-order valence-corrected chi connectivity index (χ3v) is 7.79. The van der Waals surface area contributed by atoms with Gasteiger partial charge in [0.25, 0.3) is 5.91 Å². The molecule has 1 N–H and O–H groups in total. The molecule has 0 bridgehead atoms. The Kier molecular flexibility index (Phi) is 6.99. The van der Waals surface area contributed by atoms with Crippen molar-refractivity contribution >= 4 is 17.8 Å². The first-order valence-electron chi connectivity index (χ1n) is 13.0. The van der Waals surface area contributed by atoms with Crippen LogP contribution < -0.4 is 10.1 Å². The number of nitrogens with zero attached hydrogens (tertiary/aromatic N) is 1. The molecule has 0 radical (unpaired) electrons. The van der Waals surface area contributed by atoms with Crippen LogP contribution in [0.25, 0.3) is 0 Å². The zero-order valence-electron chi connectivity index (χ0n) is 20.8. The van der Waals surface area contributed by atoms with E-state index < -0.39 is 6.04 Å². The number of carbonyl (C=O) groups is 3. The lowest BCUT2D eigenvalue weighted by atomic mass is 9.98. The van der Waals surface area contributed by atoms with Crippen molar-refractivity contribution in [2.45, 2.75) is 76.7 Å². The Morgan fingerprint density at radius 1 is 0.972 bits per heavy atom. The highest BCUT2D eigenvalue weighted by Crippen LogP contribution is 2.59. The molecule has 5 rings (SSSR count). The zero-order valence-corrected chi connectivity index (χ0v) is 20.8. The number of hydrogen-bond acceptors (Lipinski definition) is 5. The monoisotopic (exact) mass is 490 g/mol. The minimum Gasteiger partial charge on any atom is -0.490 e. The van der Waals surface area contributed by atoms with Gasteiger partial charge in [-0.05, 0) is 73.8 Å². The summed E-state index contributed by atoms with van der Waals surface area (Å²) >= 11 is 0. The first-order chi connectivity index (χ1) is 17.4. The van der Waals surface area contributed by atoms with Crippen molar-refractivity contribution in [3.8, 4) is 5.75 Å². The molecule has 2 saturated carbocycles. The Balaban J connectivity index is 1.14. The van der Waals surface area contributed by atoms with Crippen LogP contribution in [0.5, 0.6) is 5.75 Å². The summed E-state index contributed by atoms with van der Waals surface area (Å²) in [4.78, 5) is 40.3. The maximum atomic E-state index is 13.1. The molecular weight excluding hydrogens is 456 g/mol. The lowest BCUT2D eigenvalue weighted by Gasteiger charge is -2.26. The summed E-state index contributed by atoms with van der Waals surface area (Å²) in [7, 11) is 0. The van der Waals surface area contributed by atoms with Crippen LogP contribution in [0.4, 0.5) is 0 Å². The van der Waals surface area contributed by atoms with Gasteiger partial charge in [0.1, 0.15) is 18.4 Å². The van der Waals surface area contributed by atoms with E-state index in [0.29, 0.717) is 12.0 Å². The minimum atomic E-state index is -0.613. The number of likely N-dealkylation sites (tertiary alicyclic amines) is 1. The Labute approximate surface area is 212 Å². The maximum Gasteiger partial charge on any atom is 0.329 e. The van der Waals surface area contributed by atoms with Crippen molar-refractivity contribution in [2.24, 2.45) is 5.41 Å². The molecule has 1 saturated heterocycles. The number of benzene rings is 2. The van der Waals surface area contributed by atoms with Gasteiger partial charge >= 0.3 is 5.97 Å². The fraction of sp³-hybridized carbons (Fsp3) is 0.483. The third kappa shape index (κ3) is 5.40. The van der Waals surface area contributed by atoms with E-state index in [4.69, 9.17) is 9.47 Å². The number of hydrogen-bond donors (Lipinski definition) is 1. The molecule has 3 fully saturated rings. The number of esters is 1. The molecule has 2 aromatic carbocycles. The smallest absolute Gasteiger partial charge is 0.329 e. The number of ether oxygens (including phenoxy) is 2. The summed E-state index contributed by atoms with van der Waals surface area (Å²) in [5.41, 5.74) is 1.32. The standard InChI is InChI=1S/C29H34N2O5/c1-29-16-24(28(34)35-19-20-8-4-2-5-9-20)31(25(29)17-29)26(32)18-30-27(33)21-12-14-23(15-13-21)36-22-10-6-3-7-11-22/h2,4-5,8-9,12-15,22,24-25H,3,6-7,10-11,16-19H2,1H3,(H,30,33)/t24-,25-,29?/m0/s1. The first-order valence-corrected chi connectivity index (χ1v) is 13.0. The van der Waals surface area contributed by atoms with Crippen LogP contribution in [0.1, 0.15) is 67.8 Å². The number of carbonyl (C=O) groups excluding carboxylic acids is 3. The normalized spacial score (nSPS) is 25.1. The average Bonchev–Trinajstić information content (AvgIpc) is 3.47. The van der Waals surface area contributed by atoms with Crippen molar-refractivity contribution < 1.29 is 23.9 Å². The molecule has 1 aliphatic heterocycles. The van der Waals surface area contributed by atoms with Crippen molar-refractivity contribution in [1.82, 2.24) is 10.2 Å². The molecular formula is C29H34N2O5. The van der Waals surface area contributed by atoms with Gasteiger partial charge in [-0.25, -0.2) is 4.79 Å². The summed E-state index contributed by atoms with van der Waals surface area (Å²) in [6, 6.07) is 15.9. The molecule has 0 spiro atoms. The van der Waals surface area contributed by atoms with Gasteiger partial charge < -0.3 is 19.7 Å². The van der Waals surface area contributed by atoms with E-state index in [0.717, 1.165) is 30.6 Å². The number of rotatable bonds is 8. The number of fused-ring (bicyclic) bond motifs is 1. The number of nitrogens with one attached hydrogen (secondary N) is 1. The van der Waals surface area contributed by atoms with Crippen molar-refractivity contribution in [3.63, 3.8) is 0 Å². The molecule has 2 aliphatic carbocycles. The van der Waals surface area contributed by atoms with Crippen molar-refractivity contribution in [3.05, 3.63) is 65.7 Å². The summed E-state index contributed by atoms with van der Waals surface area (Å²) in [6.45, 7) is 2.11. The fourth-order valence-corrected chi connectivity index (χ4v) is 5.57. The van der Waals surface area contributed by atoms with Crippen LogP contribution >= 0.6 is 0 Å². The Morgan fingerprint density at radius 2 is 1.69 bits per heavy atom. The van der Waals surface area contributed by atoms with Crippen LogP contribution in [-0.2, 0) is 20.9 Å². The predicted molar refractivity (Wildman–Crippen MR) is 134 cm³/mol.